The molecular weight excluding hydrogens is 296 g/mol. The average molecular weight is 326 g/mol. The molecule has 0 N–H and O–H groups in total. The van der Waals surface area contributed by atoms with Crippen molar-refractivity contribution in [3.63, 3.8) is 0 Å². The molecule has 0 unspecified atom stereocenters. The molecule has 130 valence electrons. The maximum Gasteiger partial charge on any atom is 0.0536 e. The van der Waals surface area contributed by atoms with Crippen LogP contribution in [-0.4, -0.2) is 52.3 Å². The summed E-state index contributed by atoms with van der Waals surface area (Å²) in [5, 5.41) is 4.28. The van der Waals surface area contributed by atoms with Crippen molar-refractivity contribution in [1.82, 2.24) is 19.6 Å². The number of piperazine rings is 1. The van der Waals surface area contributed by atoms with E-state index in [0.717, 1.165) is 45.8 Å². The molecule has 24 heavy (non-hydrogen) atoms. The lowest BCUT2D eigenvalue weighted by atomic mass is 9.87. The van der Waals surface area contributed by atoms with Gasteiger partial charge in [-0.1, -0.05) is 45.0 Å². The van der Waals surface area contributed by atoms with E-state index in [9.17, 15) is 0 Å². The minimum Gasteiger partial charge on any atom is -0.299 e. The van der Waals surface area contributed by atoms with Gasteiger partial charge in [0.25, 0.3) is 0 Å². The first-order valence-electron chi connectivity index (χ1n) is 9.02. The molecule has 1 aromatic heterocycles. The SMILES string of the molecule is CC(C)(C)c1ccc(CN2CCN(CCn3cccn3)CC2)cc1. The summed E-state index contributed by atoms with van der Waals surface area (Å²) < 4.78 is 2.02. The van der Waals surface area contributed by atoms with Gasteiger partial charge in [-0.3, -0.25) is 14.5 Å². The third-order valence-electron chi connectivity index (χ3n) is 4.90. The molecule has 0 aliphatic carbocycles. The minimum atomic E-state index is 0.235. The summed E-state index contributed by atoms with van der Waals surface area (Å²) in [5.74, 6) is 0. The van der Waals surface area contributed by atoms with Gasteiger partial charge < -0.3 is 0 Å². The molecule has 4 heteroatoms. The molecule has 2 aromatic rings. The van der Waals surface area contributed by atoms with Crippen molar-refractivity contribution in [2.75, 3.05) is 32.7 Å². The topological polar surface area (TPSA) is 24.3 Å². The van der Waals surface area contributed by atoms with Crippen LogP contribution in [-0.2, 0) is 18.5 Å². The highest BCUT2D eigenvalue weighted by molar-refractivity contribution is 5.27. The van der Waals surface area contributed by atoms with Gasteiger partial charge in [0.1, 0.15) is 0 Å². The van der Waals surface area contributed by atoms with Gasteiger partial charge in [-0.2, -0.15) is 5.10 Å². The molecule has 0 atom stereocenters. The summed E-state index contributed by atoms with van der Waals surface area (Å²) in [6.07, 6.45) is 3.89. The van der Waals surface area contributed by atoms with Crippen molar-refractivity contribution < 1.29 is 0 Å². The third-order valence-corrected chi connectivity index (χ3v) is 4.90. The van der Waals surface area contributed by atoms with Gasteiger partial charge in [-0.15, -0.1) is 0 Å². The second-order valence-electron chi connectivity index (χ2n) is 7.83. The fourth-order valence-electron chi connectivity index (χ4n) is 3.22. The highest BCUT2D eigenvalue weighted by Crippen LogP contribution is 2.22. The zero-order chi connectivity index (χ0) is 17.0. The molecule has 0 amide bonds. The van der Waals surface area contributed by atoms with Crippen LogP contribution in [0.2, 0.25) is 0 Å². The Hall–Kier alpha value is -1.65. The molecular formula is C20H30N4. The van der Waals surface area contributed by atoms with Crippen LogP contribution in [0.5, 0.6) is 0 Å². The van der Waals surface area contributed by atoms with Gasteiger partial charge in [-0.05, 0) is 22.6 Å². The van der Waals surface area contributed by atoms with Gasteiger partial charge in [0.15, 0.2) is 0 Å². The van der Waals surface area contributed by atoms with E-state index >= 15 is 0 Å². The fourth-order valence-corrected chi connectivity index (χ4v) is 3.22. The Balaban J connectivity index is 1.43. The molecule has 4 nitrogen and oxygen atoms in total. The maximum atomic E-state index is 4.28. The zero-order valence-corrected chi connectivity index (χ0v) is 15.3. The molecule has 1 fully saturated rings. The van der Waals surface area contributed by atoms with E-state index in [-0.39, 0.29) is 5.41 Å². The summed E-state index contributed by atoms with van der Waals surface area (Å²) in [6.45, 7) is 14.6. The van der Waals surface area contributed by atoms with Crippen molar-refractivity contribution in [2.45, 2.75) is 39.3 Å². The molecule has 0 spiro atoms. The average Bonchev–Trinajstić information content (AvgIpc) is 3.07. The van der Waals surface area contributed by atoms with Crippen molar-refractivity contribution in [3.05, 3.63) is 53.9 Å². The second-order valence-corrected chi connectivity index (χ2v) is 7.83. The van der Waals surface area contributed by atoms with E-state index < -0.39 is 0 Å². The van der Waals surface area contributed by atoms with Crippen LogP contribution in [0, 0.1) is 0 Å². The lowest BCUT2D eigenvalue weighted by Gasteiger charge is -2.34. The molecule has 0 saturated carbocycles. The zero-order valence-electron chi connectivity index (χ0n) is 15.3. The summed E-state index contributed by atoms with van der Waals surface area (Å²) >= 11 is 0. The first kappa shape index (κ1) is 17.2. The van der Waals surface area contributed by atoms with Crippen molar-refractivity contribution in [1.29, 1.82) is 0 Å². The van der Waals surface area contributed by atoms with E-state index in [2.05, 4.69) is 59.9 Å². The highest BCUT2D eigenvalue weighted by Gasteiger charge is 2.17. The van der Waals surface area contributed by atoms with Crippen LogP contribution in [0.3, 0.4) is 0 Å². The summed E-state index contributed by atoms with van der Waals surface area (Å²) in [6, 6.07) is 11.2. The lowest BCUT2D eigenvalue weighted by molar-refractivity contribution is 0.123. The number of benzene rings is 1. The van der Waals surface area contributed by atoms with Crippen molar-refractivity contribution >= 4 is 0 Å². The summed E-state index contributed by atoms with van der Waals surface area (Å²) in [5.41, 5.74) is 3.07. The Kier molecular flexibility index (Phi) is 5.36. The van der Waals surface area contributed by atoms with Crippen LogP contribution in [0.15, 0.2) is 42.7 Å². The molecule has 3 rings (SSSR count). The minimum absolute atomic E-state index is 0.235. The molecule has 1 aliphatic heterocycles. The van der Waals surface area contributed by atoms with Gasteiger partial charge in [-0.25, -0.2) is 0 Å². The quantitative estimate of drug-likeness (QED) is 0.844. The van der Waals surface area contributed by atoms with E-state index in [1.54, 1.807) is 0 Å². The van der Waals surface area contributed by atoms with E-state index in [4.69, 9.17) is 0 Å². The number of hydrogen-bond acceptors (Lipinski definition) is 3. The Labute approximate surface area is 146 Å². The Morgan fingerprint density at radius 2 is 1.58 bits per heavy atom. The fraction of sp³-hybridized carbons (Fsp3) is 0.550. The smallest absolute Gasteiger partial charge is 0.0536 e. The largest absolute Gasteiger partial charge is 0.299 e. The molecule has 1 aromatic carbocycles. The van der Waals surface area contributed by atoms with Crippen LogP contribution in [0.4, 0.5) is 0 Å². The molecule has 0 bridgehead atoms. The number of hydrogen-bond donors (Lipinski definition) is 0. The number of nitrogens with zero attached hydrogens (tertiary/aromatic N) is 4. The van der Waals surface area contributed by atoms with E-state index in [1.807, 2.05) is 23.1 Å². The monoisotopic (exact) mass is 326 g/mol. The van der Waals surface area contributed by atoms with E-state index in [1.165, 1.54) is 11.1 Å². The van der Waals surface area contributed by atoms with Gasteiger partial charge in [0, 0.05) is 51.7 Å². The second kappa shape index (κ2) is 7.49. The summed E-state index contributed by atoms with van der Waals surface area (Å²) in [7, 11) is 0. The van der Waals surface area contributed by atoms with Gasteiger partial charge in [0.2, 0.25) is 0 Å². The van der Waals surface area contributed by atoms with Crippen molar-refractivity contribution in [2.24, 2.45) is 0 Å². The van der Waals surface area contributed by atoms with Gasteiger partial charge in [0.05, 0.1) is 6.54 Å². The summed E-state index contributed by atoms with van der Waals surface area (Å²) in [4.78, 5) is 5.11. The molecule has 1 saturated heterocycles. The van der Waals surface area contributed by atoms with Gasteiger partial charge >= 0.3 is 0 Å². The predicted octanol–water partition coefficient (Wildman–Crippen LogP) is 3.00. The van der Waals surface area contributed by atoms with Crippen molar-refractivity contribution in [3.8, 4) is 0 Å². The van der Waals surface area contributed by atoms with Crippen LogP contribution >= 0.6 is 0 Å². The number of aromatic nitrogens is 2. The molecule has 0 radical (unpaired) electrons. The first-order chi connectivity index (χ1) is 11.5. The Morgan fingerprint density at radius 3 is 2.17 bits per heavy atom. The van der Waals surface area contributed by atoms with E-state index in [0.29, 0.717) is 0 Å². The van der Waals surface area contributed by atoms with Crippen LogP contribution in [0.25, 0.3) is 0 Å². The lowest BCUT2D eigenvalue weighted by Crippen LogP contribution is -2.46. The highest BCUT2D eigenvalue weighted by atomic mass is 15.3. The maximum absolute atomic E-state index is 4.28. The Bertz CT molecular complexity index is 602. The molecule has 1 aliphatic rings. The third kappa shape index (κ3) is 4.68. The first-order valence-corrected chi connectivity index (χ1v) is 9.02. The standard InChI is InChI=1S/C20H30N4/c1-20(2,3)19-7-5-18(6-8-19)17-23-13-11-22(12-14-23)15-16-24-10-4-9-21-24/h4-10H,11-17H2,1-3H3. The van der Waals surface area contributed by atoms with Crippen LogP contribution < -0.4 is 0 Å². The number of rotatable bonds is 5. The van der Waals surface area contributed by atoms with Crippen LogP contribution in [0.1, 0.15) is 31.9 Å². The Morgan fingerprint density at radius 1 is 0.917 bits per heavy atom. The molecule has 2 heterocycles. The predicted molar refractivity (Wildman–Crippen MR) is 99.1 cm³/mol. The normalized spacial score (nSPS) is 17.3.